The smallest absolute Gasteiger partial charge is 0.172 e. The lowest BCUT2D eigenvalue weighted by molar-refractivity contribution is 0.416. The number of fused-ring (bicyclic) bond motifs is 2. The molecule has 4 aromatic rings. The Hall–Kier alpha value is -2.88. The number of hydrogen-bond donors (Lipinski definition) is 0. The van der Waals surface area contributed by atoms with Gasteiger partial charge in [-0.1, -0.05) is 36.4 Å². The Morgan fingerprint density at radius 3 is 2.68 bits per heavy atom. The van der Waals surface area contributed by atoms with E-state index in [0.717, 1.165) is 39.1 Å². The Kier molecular flexibility index (Phi) is 2.82. The number of methoxy groups -OCH3 is 1. The van der Waals surface area contributed by atoms with E-state index in [1.54, 1.807) is 7.11 Å². The van der Waals surface area contributed by atoms with Crippen molar-refractivity contribution in [2.24, 2.45) is 0 Å². The molecule has 108 valence electrons. The fourth-order valence-electron chi connectivity index (χ4n) is 2.82. The van der Waals surface area contributed by atoms with E-state index in [0.29, 0.717) is 0 Å². The van der Waals surface area contributed by atoms with Gasteiger partial charge >= 0.3 is 0 Å². The van der Waals surface area contributed by atoms with E-state index in [1.807, 2.05) is 40.9 Å². The van der Waals surface area contributed by atoms with Gasteiger partial charge in [-0.05, 0) is 35.4 Å². The maximum Gasteiger partial charge on any atom is 0.172 e. The quantitative estimate of drug-likeness (QED) is 0.562. The highest BCUT2D eigenvalue weighted by molar-refractivity contribution is 5.98. The van der Waals surface area contributed by atoms with E-state index in [2.05, 4.69) is 35.3 Å². The van der Waals surface area contributed by atoms with Crippen LogP contribution in [0.5, 0.6) is 5.75 Å². The number of benzene rings is 2. The second-order valence-electron chi connectivity index (χ2n) is 5.32. The lowest BCUT2D eigenvalue weighted by atomic mass is 10.0. The summed E-state index contributed by atoms with van der Waals surface area (Å²) in [5.74, 6) is 1.60. The number of hydrogen-bond acceptors (Lipinski definition) is 3. The summed E-state index contributed by atoms with van der Waals surface area (Å²) in [6.07, 6.45) is 2.05. The third-order valence-electron chi connectivity index (χ3n) is 3.88. The van der Waals surface area contributed by atoms with Crippen LogP contribution in [0.1, 0.15) is 5.56 Å². The topological polar surface area (TPSA) is 39.4 Å². The summed E-state index contributed by atoms with van der Waals surface area (Å²) >= 11 is 0. The van der Waals surface area contributed by atoms with Gasteiger partial charge in [0.05, 0.1) is 12.7 Å². The first-order valence-corrected chi connectivity index (χ1v) is 7.15. The van der Waals surface area contributed by atoms with Crippen LogP contribution in [0.25, 0.3) is 27.8 Å². The first kappa shape index (κ1) is 12.8. The maximum atomic E-state index is 5.58. The number of aromatic nitrogens is 3. The number of rotatable bonds is 2. The Balaban J connectivity index is 2.13. The summed E-state index contributed by atoms with van der Waals surface area (Å²) in [4.78, 5) is 0. The molecule has 2 aromatic carbocycles. The molecular formula is C18H15N3O. The van der Waals surface area contributed by atoms with Gasteiger partial charge in [0.15, 0.2) is 11.5 Å². The predicted octanol–water partition coefficient (Wildman–Crippen LogP) is 3.87. The standard InChI is InChI=1S/C18H15N3O/c1-12-7-10-16-19-20-18(21(16)11-12)17-14-6-4-3-5-13(14)8-9-15(17)22-2/h3-11H,1-2H3. The molecule has 0 aliphatic heterocycles. The van der Waals surface area contributed by atoms with Crippen molar-refractivity contribution in [2.45, 2.75) is 6.92 Å². The fraction of sp³-hybridized carbons (Fsp3) is 0.111. The molecule has 0 aliphatic carbocycles. The summed E-state index contributed by atoms with van der Waals surface area (Å²) in [7, 11) is 1.68. The average molecular weight is 289 g/mol. The van der Waals surface area contributed by atoms with Gasteiger partial charge in [0.1, 0.15) is 5.75 Å². The van der Waals surface area contributed by atoms with Crippen molar-refractivity contribution in [3.63, 3.8) is 0 Å². The second kappa shape index (κ2) is 4.84. The van der Waals surface area contributed by atoms with Gasteiger partial charge in [-0.15, -0.1) is 10.2 Å². The number of nitrogens with zero attached hydrogens (tertiary/aromatic N) is 3. The molecule has 2 heterocycles. The summed E-state index contributed by atoms with van der Waals surface area (Å²) in [6.45, 7) is 2.06. The SMILES string of the molecule is COc1ccc2ccccc2c1-c1nnc2ccc(C)cn12. The van der Waals surface area contributed by atoms with Crippen molar-refractivity contribution in [2.75, 3.05) is 7.11 Å². The van der Waals surface area contributed by atoms with Gasteiger partial charge in [-0.3, -0.25) is 4.40 Å². The van der Waals surface area contributed by atoms with Gasteiger partial charge in [0.2, 0.25) is 0 Å². The number of pyridine rings is 1. The normalized spacial score (nSPS) is 11.2. The van der Waals surface area contributed by atoms with Crippen molar-refractivity contribution in [3.8, 4) is 17.1 Å². The molecule has 0 fully saturated rings. The second-order valence-corrected chi connectivity index (χ2v) is 5.32. The minimum absolute atomic E-state index is 0.798. The molecule has 0 aliphatic rings. The maximum absolute atomic E-state index is 5.58. The minimum Gasteiger partial charge on any atom is -0.496 e. The third-order valence-corrected chi connectivity index (χ3v) is 3.88. The van der Waals surface area contributed by atoms with Gasteiger partial charge in [-0.2, -0.15) is 0 Å². The molecule has 22 heavy (non-hydrogen) atoms. The highest BCUT2D eigenvalue weighted by Gasteiger charge is 2.16. The summed E-state index contributed by atoms with van der Waals surface area (Å²) < 4.78 is 7.59. The molecule has 0 N–H and O–H groups in total. The van der Waals surface area contributed by atoms with E-state index in [1.165, 1.54) is 0 Å². The van der Waals surface area contributed by atoms with Gasteiger partial charge < -0.3 is 4.74 Å². The zero-order valence-electron chi connectivity index (χ0n) is 12.4. The monoisotopic (exact) mass is 289 g/mol. The molecule has 0 bridgehead atoms. The highest BCUT2D eigenvalue weighted by Crippen LogP contribution is 2.36. The summed E-state index contributed by atoms with van der Waals surface area (Å²) in [6, 6.07) is 16.3. The Morgan fingerprint density at radius 2 is 1.82 bits per heavy atom. The van der Waals surface area contributed by atoms with E-state index in [9.17, 15) is 0 Å². The van der Waals surface area contributed by atoms with Crippen LogP contribution in [-0.4, -0.2) is 21.7 Å². The number of ether oxygens (including phenoxy) is 1. The Labute approximate surface area is 128 Å². The van der Waals surface area contributed by atoms with Gasteiger partial charge in [0.25, 0.3) is 0 Å². The molecule has 4 rings (SSSR count). The Bertz CT molecular complexity index is 988. The Morgan fingerprint density at radius 1 is 0.955 bits per heavy atom. The molecule has 4 heteroatoms. The van der Waals surface area contributed by atoms with Crippen LogP contribution < -0.4 is 4.74 Å². The molecule has 0 radical (unpaired) electrons. The highest BCUT2D eigenvalue weighted by atomic mass is 16.5. The molecular weight excluding hydrogens is 274 g/mol. The van der Waals surface area contributed by atoms with Crippen LogP contribution in [0, 0.1) is 6.92 Å². The van der Waals surface area contributed by atoms with Crippen molar-refractivity contribution in [1.82, 2.24) is 14.6 Å². The lowest BCUT2D eigenvalue weighted by Gasteiger charge is -2.11. The van der Waals surface area contributed by atoms with E-state index in [-0.39, 0.29) is 0 Å². The molecule has 0 spiro atoms. The van der Waals surface area contributed by atoms with Crippen molar-refractivity contribution in [3.05, 3.63) is 60.3 Å². The molecule has 0 saturated carbocycles. The van der Waals surface area contributed by atoms with Crippen LogP contribution in [-0.2, 0) is 0 Å². The number of aryl methyl sites for hydroxylation is 1. The predicted molar refractivity (Wildman–Crippen MR) is 87.2 cm³/mol. The van der Waals surface area contributed by atoms with Crippen molar-refractivity contribution in [1.29, 1.82) is 0 Å². The lowest BCUT2D eigenvalue weighted by Crippen LogP contribution is -1.95. The molecule has 0 amide bonds. The van der Waals surface area contributed by atoms with Crippen LogP contribution in [0.3, 0.4) is 0 Å². The average Bonchev–Trinajstić information content (AvgIpc) is 2.96. The van der Waals surface area contributed by atoms with E-state index >= 15 is 0 Å². The fourth-order valence-corrected chi connectivity index (χ4v) is 2.82. The summed E-state index contributed by atoms with van der Waals surface area (Å²) in [5, 5.41) is 10.9. The van der Waals surface area contributed by atoms with Crippen molar-refractivity contribution < 1.29 is 4.74 Å². The van der Waals surface area contributed by atoms with Crippen LogP contribution in [0.2, 0.25) is 0 Å². The minimum atomic E-state index is 0.798. The van der Waals surface area contributed by atoms with E-state index < -0.39 is 0 Å². The zero-order chi connectivity index (χ0) is 15.1. The van der Waals surface area contributed by atoms with E-state index in [4.69, 9.17) is 4.74 Å². The largest absolute Gasteiger partial charge is 0.496 e. The first-order valence-electron chi connectivity index (χ1n) is 7.15. The molecule has 2 aromatic heterocycles. The molecule has 0 saturated heterocycles. The van der Waals surface area contributed by atoms with Gasteiger partial charge in [0, 0.05) is 6.20 Å². The zero-order valence-corrected chi connectivity index (χ0v) is 12.4. The molecule has 4 nitrogen and oxygen atoms in total. The van der Waals surface area contributed by atoms with Crippen LogP contribution >= 0.6 is 0 Å². The van der Waals surface area contributed by atoms with Crippen LogP contribution in [0.4, 0.5) is 0 Å². The van der Waals surface area contributed by atoms with Crippen LogP contribution in [0.15, 0.2) is 54.7 Å². The van der Waals surface area contributed by atoms with Gasteiger partial charge in [-0.25, -0.2) is 0 Å². The molecule has 0 unspecified atom stereocenters. The first-order chi connectivity index (χ1) is 10.8. The summed E-state index contributed by atoms with van der Waals surface area (Å²) in [5.41, 5.74) is 2.96. The third kappa shape index (κ3) is 1.84. The van der Waals surface area contributed by atoms with Crippen molar-refractivity contribution >= 4 is 16.4 Å². The molecule has 0 atom stereocenters.